The van der Waals surface area contributed by atoms with Crippen LogP contribution in [0.2, 0.25) is 0 Å². The molecule has 1 heterocycles. The van der Waals surface area contributed by atoms with Crippen molar-refractivity contribution < 1.29 is 0 Å². The molecule has 0 amide bonds. The lowest BCUT2D eigenvalue weighted by Gasteiger charge is -2.06. The van der Waals surface area contributed by atoms with Crippen LogP contribution in [0.15, 0.2) is 64.4 Å². The van der Waals surface area contributed by atoms with Gasteiger partial charge in [0.25, 0.3) is 5.56 Å². The van der Waals surface area contributed by atoms with Gasteiger partial charge in [-0.25, -0.2) is 0 Å². The summed E-state index contributed by atoms with van der Waals surface area (Å²) in [5, 5.41) is 3.35. The summed E-state index contributed by atoms with van der Waals surface area (Å²) in [5.74, 6) is 1.04. The van der Waals surface area contributed by atoms with Crippen LogP contribution in [0.3, 0.4) is 0 Å². The number of hydrogen-bond acceptors (Lipinski definition) is 3. The van der Waals surface area contributed by atoms with Crippen molar-refractivity contribution in [1.82, 2.24) is 9.88 Å². The second-order valence-electron chi connectivity index (χ2n) is 4.14. The molecule has 0 aliphatic rings. The molecule has 0 radical (unpaired) electrons. The van der Waals surface area contributed by atoms with Crippen LogP contribution in [0.25, 0.3) is 0 Å². The molecule has 0 spiro atoms. The number of nitrogens with zero attached hydrogens (tertiary/aromatic N) is 1. The average molecular weight is 274 g/mol. The van der Waals surface area contributed by atoms with Gasteiger partial charge in [-0.05, 0) is 18.2 Å². The van der Waals surface area contributed by atoms with E-state index in [0.717, 1.165) is 25.4 Å². The molecule has 4 heteroatoms. The molecule has 3 nitrogen and oxygen atoms in total. The summed E-state index contributed by atoms with van der Waals surface area (Å²) in [6.07, 6.45) is 1.82. The van der Waals surface area contributed by atoms with Gasteiger partial charge in [0.1, 0.15) is 0 Å². The van der Waals surface area contributed by atoms with Crippen LogP contribution in [0.4, 0.5) is 0 Å². The SMILES string of the molecule is O=c1ccccn1CCNCCSc1ccccc1. The molecule has 0 atom stereocenters. The van der Waals surface area contributed by atoms with E-state index in [0.29, 0.717) is 0 Å². The third-order valence-electron chi connectivity index (χ3n) is 2.72. The monoisotopic (exact) mass is 274 g/mol. The zero-order valence-electron chi connectivity index (χ0n) is 10.8. The number of hydrogen-bond donors (Lipinski definition) is 1. The highest BCUT2D eigenvalue weighted by Crippen LogP contribution is 2.15. The maximum Gasteiger partial charge on any atom is 0.250 e. The van der Waals surface area contributed by atoms with E-state index in [1.54, 1.807) is 16.7 Å². The average Bonchev–Trinajstić information content (AvgIpc) is 2.45. The minimum absolute atomic E-state index is 0.0583. The second-order valence-corrected chi connectivity index (χ2v) is 5.31. The van der Waals surface area contributed by atoms with Crippen LogP contribution in [0, 0.1) is 0 Å². The first-order valence-electron chi connectivity index (χ1n) is 6.40. The van der Waals surface area contributed by atoms with Gasteiger partial charge in [0.2, 0.25) is 0 Å². The van der Waals surface area contributed by atoms with Crippen LogP contribution >= 0.6 is 11.8 Å². The van der Waals surface area contributed by atoms with Gasteiger partial charge >= 0.3 is 0 Å². The normalized spacial score (nSPS) is 10.5. The molecule has 0 aliphatic heterocycles. The van der Waals surface area contributed by atoms with E-state index in [9.17, 15) is 4.79 Å². The fraction of sp³-hybridized carbons (Fsp3) is 0.267. The molecule has 0 saturated carbocycles. The van der Waals surface area contributed by atoms with E-state index in [1.807, 2.05) is 30.1 Å². The summed E-state index contributed by atoms with van der Waals surface area (Å²) in [5.41, 5.74) is 0.0583. The van der Waals surface area contributed by atoms with Gasteiger partial charge in [0.05, 0.1) is 0 Å². The predicted octanol–water partition coefficient (Wildman–Crippen LogP) is 2.23. The molecule has 0 unspecified atom stereocenters. The van der Waals surface area contributed by atoms with Gasteiger partial charge in [0, 0.05) is 42.5 Å². The molecule has 2 aromatic rings. The Balaban J connectivity index is 1.60. The molecule has 0 bridgehead atoms. The van der Waals surface area contributed by atoms with Gasteiger partial charge in [-0.1, -0.05) is 24.3 Å². The van der Waals surface area contributed by atoms with Crippen LogP contribution in [0.5, 0.6) is 0 Å². The van der Waals surface area contributed by atoms with Gasteiger partial charge in [0.15, 0.2) is 0 Å². The Labute approximate surface area is 117 Å². The quantitative estimate of drug-likeness (QED) is 0.621. The smallest absolute Gasteiger partial charge is 0.250 e. The van der Waals surface area contributed by atoms with Crippen molar-refractivity contribution in [2.45, 2.75) is 11.4 Å². The zero-order valence-corrected chi connectivity index (χ0v) is 11.6. The molecule has 0 saturated heterocycles. The van der Waals surface area contributed by atoms with Gasteiger partial charge in [-0.2, -0.15) is 0 Å². The molecular formula is C15H18N2OS. The maximum atomic E-state index is 11.5. The van der Waals surface area contributed by atoms with Crippen molar-refractivity contribution >= 4 is 11.8 Å². The van der Waals surface area contributed by atoms with Crippen molar-refractivity contribution in [3.8, 4) is 0 Å². The predicted molar refractivity (Wildman–Crippen MR) is 80.7 cm³/mol. The summed E-state index contributed by atoms with van der Waals surface area (Å²) >= 11 is 1.84. The minimum atomic E-state index is 0.0583. The van der Waals surface area contributed by atoms with Crippen molar-refractivity contribution in [2.75, 3.05) is 18.8 Å². The number of benzene rings is 1. The number of rotatable bonds is 7. The van der Waals surface area contributed by atoms with Gasteiger partial charge in [-0.3, -0.25) is 4.79 Å². The van der Waals surface area contributed by atoms with E-state index >= 15 is 0 Å². The third kappa shape index (κ3) is 4.93. The van der Waals surface area contributed by atoms with E-state index in [2.05, 4.69) is 29.6 Å². The van der Waals surface area contributed by atoms with Crippen molar-refractivity contribution in [1.29, 1.82) is 0 Å². The van der Waals surface area contributed by atoms with Crippen LogP contribution < -0.4 is 10.9 Å². The molecular weight excluding hydrogens is 256 g/mol. The highest BCUT2D eigenvalue weighted by atomic mass is 32.2. The Morgan fingerprint density at radius 3 is 2.58 bits per heavy atom. The van der Waals surface area contributed by atoms with Crippen molar-refractivity contribution in [2.24, 2.45) is 0 Å². The minimum Gasteiger partial charge on any atom is -0.314 e. The van der Waals surface area contributed by atoms with E-state index in [-0.39, 0.29) is 5.56 Å². The van der Waals surface area contributed by atoms with E-state index in [4.69, 9.17) is 0 Å². The topological polar surface area (TPSA) is 34.0 Å². The molecule has 100 valence electrons. The Morgan fingerprint density at radius 1 is 1.00 bits per heavy atom. The summed E-state index contributed by atoms with van der Waals surface area (Å²) in [6.45, 7) is 2.48. The van der Waals surface area contributed by atoms with Crippen molar-refractivity contribution in [3.63, 3.8) is 0 Å². The first-order chi connectivity index (χ1) is 9.36. The fourth-order valence-electron chi connectivity index (χ4n) is 1.73. The van der Waals surface area contributed by atoms with Crippen molar-refractivity contribution in [3.05, 3.63) is 65.1 Å². The number of thioether (sulfide) groups is 1. The maximum absolute atomic E-state index is 11.5. The fourth-order valence-corrected chi connectivity index (χ4v) is 2.56. The number of pyridine rings is 1. The summed E-state index contributed by atoms with van der Waals surface area (Å²) < 4.78 is 1.72. The molecule has 19 heavy (non-hydrogen) atoms. The molecule has 0 aliphatic carbocycles. The Morgan fingerprint density at radius 2 is 1.79 bits per heavy atom. The summed E-state index contributed by atoms with van der Waals surface area (Å²) in [4.78, 5) is 12.8. The third-order valence-corrected chi connectivity index (χ3v) is 3.73. The number of nitrogens with one attached hydrogen (secondary N) is 1. The summed E-state index contributed by atoms with van der Waals surface area (Å²) in [6, 6.07) is 15.6. The van der Waals surface area contributed by atoms with Gasteiger partial charge < -0.3 is 9.88 Å². The Kier molecular flexibility index (Phi) is 5.72. The summed E-state index contributed by atoms with van der Waals surface area (Å²) in [7, 11) is 0. The lowest BCUT2D eigenvalue weighted by atomic mass is 10.4. The van der Waals surface area contributed by atoms with Crippen LogP contribution in [0.1, 0.15) is 0 Å². The Hall–Kier alpha value is -1.52. The molecule has 0 fully saturated rings. The van der Waals surface area contributed by atoms with Gasteiger partial charge in [-0.15, -0.1) is 11.8 Å². The highest BCUT2D eigenvalue weighted by molar-refractivity contribution is 7.99. The van der Waals surface area contributed by atoms with E-state index < -0.39 is 0 Å². The molecule has 2 rings (SSSR count). The standard InChI is InChI=1S/C15H18N2OS/c18-15-8-4-5-11-17(15)12-9-16-10-13-19-14-6-2-1-3-7-14/h1-8,11,16H,9-10,12-13H2. The number of aromatic nitrogens is 1. The lowest BCUT2D eigenvalue weighted by Crippen LogP contribution is -2.27. The molecule has 1 N–H and O–H groups in total. The second kappa shape index (κ2) is 7.81. The molecule has 1 aromatic heterocycles. The first kappa shape index (κ1) is 13.9. The van der Waals surface area contributed by atoms with Crippen LogP contribution in [-0.2, 0) is 6.54 Å². The largest absolute Gasteiger partial charge is 0.314 e. The first-order valence-corrected chi connectivity index (χ1v) is 7.39. The zero-order chi connectivity index (χ0) is 13.3. The van der Waals surface area contributed by atoms with E-state index in [1.165, 1.54) is 4.90 Å². The lowest BCUT2D eigenvalue weighted by molar-refractivity contribution is 0.601. The molecule has 1 aromatic carbocycles. The van der Waals surface area contributed by atoms with Crippen LogP contribution in [-0.4, -0.2) is 23.4 Å². The highest BCUT2D eigenvalue weighted by Gasteiger charge is 1.94. The Bertz CT molecular complexity index is 539.